The van der Waals surface area contributed by atoms with Crippen molar-refractivity contribution in [2.75, 3.05) is 0 Å². The molecular formula is C22H15ClF3N3O2S. The van der Waals surface area contributed by atoms with Crippen molar-refractivity contribution in [3.05, 3.63) is 89.7 Å². The number of sulfonamides is 1. The maximum absolute atomic E-state index is 13.4. The summed E-state index contributed by atoms with van der Waals surface area (Å²) in [6.45, 7) is 0. The maximum atomic E-state index is 13.4. The topological polar surface area (TPSA) is 78.0 Å². The van der Waals surface area contributed by atoms with E-state index in [1.807, 2.05) is 0 Å². The number of imidazole rings is 1. The van der Waals surface area contributed by atoms with Crippen molar-refractivity contribution >= 4 is 21.6 Å². The van der Waals surface area contributed by atoms with Gasteiger partial charge in [0.2, 0.25) is 10.0 Å². The Morgan fingerprint density at radius 3 is 2.22 bits per heavy atom. The van der Waals surface area contributed by atoms with Crippen LogP contribution in [0, 0.1) is 0 Å². The molecule has 0 saturated heterocycles. The van der Waals surface area contributed by atoms with Crippen LogP contribution in [0.25, 0.3) is 28.2 Å². The van der Waals surface area contributed by atoms with E-state index in [4.69, 9.17) is 16.7 Å². The van der Waals surface area contributed by atoms with Gasteiger partial charge in [-0.1, -0.05) is 48.0 Å². The van der Waals surface area contributed by atoms with Gasteiger partial charge in [0.25, 0.3) is 0 Å². The smallest absolute Gasteiger partial charge is 0.299 e. The number of aromatic nitrogens is 2. The summed E-state index contributed by atoms with van der Waals surface area (Å²) >= 11 is 6.20. The Balaban J connectivity index is 1.80. The molecule has 0 bridgehead atoms. The lowest BCUT2D eigenvalue weighted by molar-refractivity contribution is -0.140. The molecule has 0 amide bonds. The van der Waals surface area contributed by atoms with Crippen molar-refractivity contribution in [2.45, 2.75) is 11.1 Å². The minimum absolute atomic E-state index is 0.0375. The van der Waals surface area contributed by atoms with Crippen molar-refractivity contribution < 1.29 is 21.6 Å². The van der Waals surface area contributed by atoms with Gasteiger partial charge in [0.1, 0.15) is 5.82 Å². The van der Waals surface area contributed by atoms with E-state index >= 15 is 0 Å². The van der Waals surface area contributed by atoms with Crippen LogP contribution in [0.3, 0.4) is 0 Å². The van der Waals surface area contributed by atoms with Crippen LogP contribution in [-0.2, 0) is 16.2 Å². The summed E-state index contributed by atoms with van der Waals surface area (Å²) < 4.78 is 64.6. The van der Waals surface area contributed by atoms with Crippen molar-refractivity contribution in [1.82, 2.24) is 9.55 Å². The summed E-state index contributed by atoms with van der Waals surface area (Å²) in [6.07, 6.45) is -3.72. The van der Waals surface area contributed by atoms with Crippen LogP contribution in [0.2, 0.25) is 5.02 Å². The fourth-order valence-electron chi connectivity index (χ4n) is 3.21. The molecule has 2 N–H and O–H groups in total. The van der Waals surface area contributed by atoms with Crippen LogP contribution in [-0.4, -0.2) is 18.0 Å². The first kappa shape index (κ1) is 22.1. The van der Waals surface area contributed by atoms with E-state index in [9.17, 15) is 21.6 Å². The highest BCUT2D eigenvalue weighted by Gasteiger charge is 2.35. The second-order valence-electron chi connectivity index (χ2n) is 6.92. The largest absolute Gasteiger partial charge is 0.434 e. The third kappa shape index (κ3) is 4.40. The highest BCUT2D eigenvalue weighted by atomic mass is 35.5. The lowest BCUT2D eigenvalue weighted by atomic mass is 10.1. The normalized spacial score (nSPS) is 12.2. The van der Waals surface area contributed by atoms with Gasteiger partial charge >= 0.3 is 6.18 Å². The average molecular weight is 478 g/mol. The Kier molecular flexibility index (Phi) is 5.58. The van der Waals surface area contributed by atoms with Crippen molar-refractivity contribution in [2.24, 2.45) is 5.14 Å². The molecule has 164 valence electrons. The summed E-state index contributed by atoms with van der Waals surface area (Å²) in [5, 5.41) is 5.45. The molecule has 1 heterocycles. The fraction of sp³-hybridized carbons (Fsp3) is 0.0455. The molecule has 0 unspecified atom stereocenters. The number of benzene rings is 3. The molecule has 4 aromatic rings. The first-order valence-corrected chi connectivity index (χ1v) is 11.1. The molecule has 0 aliphatic rings. The number of primary sulfonamides is 1. The monoisotopic (exact) mass is 477 g/mol. The molecule has 0 radical (unpaired) electrons. The zero-order valence-electron chi connectivity index (χ0n) is 16.2. The average Bonchev–Trinajstić information content (AvgIpc) is 3.19. The quantitative estimate of drug-likeness (QED) is 0.420. The zero-order valence-corrected chi connectivity index (χ0v) is 17.8. The number of halogens is 4. The SMILES string of the molecule is NS(=O)(=O)c1cccc(-c2ccc(-n3cc(C(F)(F)F)nc3-c3ccccc3Cl)cc2)c1. The third-order valence-electron chi connectivity index (χ3n) is 4.75. The van der Waals surface area contributed by atoms with Gasteiger partial charge in [-0.2, -0.15) is 13.2 Å². The van der Waals surface area contributed by atoms with Gasteiger partial charge in [-0.15, -0.1) is 0 Å². The summed E-state index contributed by atoms with van der Waals surface area (Å²) in [5.41, 5.74) is 0.993. The summed E-state index contributed by atoms with van der Waals surface area (Å²) in [4.78, 5) is 3.74. The van der Waals surface area contributed by atoms with E-state index in [1.165, 1.54) is 16.7 Å². The van der Waals surface area contributed by atoms with E-state index in [1.54, 1.807) is 60.7 Å². The third-order valence-corrected chi connectivity index (χ3v) is 5.99. The molecule has 5 nitrogen and oxygen atoms in total. The predicted molar refractivity (Wildman–Crippen MR) is 116 cm³/mol. The minimum Gasteiger partial charge on any atom is -0.299 e. The number of nitrogens with zero attached hydrogens (tertiary/aromatic N) is 2. The predicted octanol–water partition coefficient (Wildman–Crippen LogP) is 5.53. The van der Waals surface area contributed by atoms with E-state index < -0.39 is 21.9 Å². The number of alkyl halides is 3. The number of hydrogen-bond acceptors (Lipinski definition) is 3. The molecule has 10 heteroatoms. The van der Waals surface area contributed by atoms with Crippen LogP contribution < -0.4 is 5.14 Å². The Labute approximate surface area is 187 Å². The minimum atomic E-state index is -4.63. The Bertz CT molecular complexity index is 1400. The van der Waals surface area contributed by atoms with Crippen LogP contribution in [0.5, 0.6) is 0 Å². The molecule has 0 aliphatic heterocycles. The zero-order chi connectivity index (χ0) is 23.1. The van der Waals surface area contributed by atoms with Gasteiger partial charge in [-0.25, -0.2) is 18.5 Å². The van der Waals surface area contributed by atoms with Gasteiger partial charge in [-0.3, -0.25) is 4.57 Å². The Morgan fingerprint density at radius 1 is 0.906 bits per heavy atom. The maximum Gasteiger partial charge on any atom is 0.434 e. The number of rotatable bonds is 4. The van der Waals surface area contributed by atoms with E-state index in [-0.39, 0.29) is 15.7 Å². The van der Waals surface area contributed by atoms with Gasteiger partial charge < -0.3 is 0 Å². The van der Waals surface area contributed by atoms with E-state index in [0.717, 1.165) is 6.20 Å². The molecule has 4 rings (SSSR count). The van der Waals surface area contributed by atoms with E-state index in [0.29, 0.717) is 22.4 Å². The summed E-state index contributed by atoms with van der Waals surface area (Å²) in [6, 6.07) is 19.1. The molecule has 0 aliphatic carbocycles. The Hall–Kier alpha value is -3.14. The molecule has 3 aromatic carbocycles. The molecule has 0 atom stereocenters. The van der Waals surface area contributed by atoms with Crippen molar-refractivity contribution in [3.8, 4) is 28.2 Å². The molecule has 32 heavy (non-hydrogen) atoms. The van der Waals surface area contributed by atoms with Crippen LogP contribution >= 0.6 is 11.6 Å². The lowest BCUT2D eigenvalue weighted by Crippen LogP contribution is -2.11. The summed E-state index contributed by atoms with van der Waals surface area (Å²) in [7, 11) is -3.87. The number of nitrogens with two attached hydrogens (primary N) is 1. The van der Waals surface area contributed by atoms with Crippen LogP contribution in [0.15, 0.2) is 83.9 Å². The Morgan fingerprint density at radius 2 is 1.59 bits per heavy atom. The van der Waals surface area contributed by atoms with Gasteiger partial charge in [-0.05, 0) is 47.5 Å². The molecular weight excluding hydrogens is 463 g/mol. The standard InChI is InChI=1S/C22H15ClF3N3O2S/c23-19-7-2-1-6-18(19)21-28-20(22(24,25)26)13-29(21)16-10-8-14(9-11-16)15-4-3-5-17(12-15)32(27,30)31/h1-13H,(H2,27,30,31). The van der Waals surface area contributed by atoms with Crippen LogP contribution in [0.1, 0.15) is 5.69 Å². The molecule has 0 spiro atoms. The second kappa shape index (κ2) is 8.09. The molecule has 0 fully saturated rings. The van der Waals surface area contributed by atoms with Crippen molar-refractivity contribution in [3.63, 3.8) is 0 Å². The highest BCUT2D eigenvalue weighted by molar-refractivity contribution is 7.89. The first-order chi connectivity index (χ1) is 15.0. The van der Waals surface area contributed by atoms with Gasteiger partial charge in [0.15, 0.2) is 5.69 Å². The van der Waals surface area contributed by atoms with Crippen LogP contribution in [0.4, 0.5) is 13.2 Å². The second-order valence-corrected chi connectivity index (χ2v) is 8.89. The van der Waals surface area contributed by atoms with E-state index in [2.05, 4.69) is 4.98 Å². The fourth-order valence-corrected chi connectivity index (χ4v) is 3.99. The molecule has 1 aromatic heterocycles. The van der Waals surface area contributed by atoms with Crippen molar-refractivity contribution in [1.29, 1.82) is 0 Å². The van der Waals surface area contributed by atoms with Gasteiger partial charge in [0.05, 0.1) is 9.92 Å². The first-order valence-electron chi connectivity index (χ1n) is 9.19. The number of hydrogen-bond donors (Lipinski definition) is 1. The highest BCUT2D eigenvalue weighted by Crippen LogP contribution is 2.35. The van der Waals surface area contributed by atoms with Gasteiger partial charge in [0, 0.05) is 17.4 Å². The molecule has 0 saturated carbocycles. The lowest BCUT2D eigenvalue weighted by Gasteiger charge is -2.10. The summed E-state index contributed by atoms with van der Waals surface area (Å²) in [5.74, 6) is 0.0481.